The number of carboxylic acid groups (broad SMARTS) is 1. The molecule has 2 atom stereocenters. The zero-order chi connectivity index (χ0) is 23.5. The van der Waals surface area contributed by atoms with Gasteiger partial charge in [0.05, 0.1) is 13.2 Å². The van der Waals surface area contributed by atoms with E-state index < -0.39 is 12.0 Å². The number of cyclic esters (lactones) is 2. The number of halogens is 1. The molecule has 0 aliphatic carbocycles. The molecule has 0 aromatic rings. The monoisotopic (exact) mass is 504 g/mol. The fourth-order valence-electron chi connectivity index (χ4n) is 1.95. The van der Waals surface area contributed by atoms with Crippen LogP contribution in [0.25, 0.3) is 0 Å². The van der Waals surface area contributed by atoms with E-state index in [0.29, 0.717) is 19.6 Å². The van der Waals surface area contributed by atoms with Gasteiger partial charge in [0.1, 0.15) is 6.04 Å². The van der Waals surface area contributed by atoms with Crippen molar-refractivity contribution in [1.29, 1.82) is 0 Å². The minimum Gasteiger partial charge on any atom is -1.00 e. The van der Waals surface area contributed by atoms with Gasteiger partial charge in [-0.1, -0.05) is 7.43 Å². The SMILES string of the molecule is C.C=C=NCCCN(C)C.CC(=O)N[C@H]1CCOC1=O.CC(=O)[O-].[Cl-].[NH3+][C@H]1CCOC1=O.[Na+]. The van der Waals surface area contributed by atoms with Gasteiger partial charge in [0.25, 0.3) is 0 Å². The number of aliphatic imine (C=N–C) groups is 1. The van der Waals surface area contributed by atoms with Gasteiger partial charge in [0.15, 0.2) is 6.04 Å². The summed E-state index contributed by atoms with van der Waals surface area (Å²) in [7, 11) is 4.11. The van der Waals surface area contributed by atoms with Crippen LogP contribution in [0.15, 0.2) is 11.6 Å². The number of hydrogen-bond donors (Lipinski definition) is 2. The second-order valence-electron chi connectivity index (χ2n) is 6.55. The Morgan fingerprint density at radius 1 is 1.21 bits per heavy atom. The van der Waals surface area contributed by atoms with Gasteiger partial charge < -0.3 is 47.7 Å². The molecule has 2 heterocycles. The Morgan fingerprint density at radius 2 is 1.70 bits per heavy atom. The molecule has 33 heavy (non-hydrogen) atoms. The van der Waals surface area contributed by atoms with Crippen molar-refractivity contribution in [2.24, 2.45) is 4.99 Å². The molecule has 2 aliphatic rings. The van der Waals surface area contributed by atoms with Gasteiger partial charge in [0, 0.05) is 32.3 Å². The zero-order valence-electron chi connectivity index (χ0n) is 19.6. The number of rotatable bonds is 5. The third-order valence-corrected chi connectivity index (χ3v) is 3.34. The van der Waals surface area contributed by atoms with Gasteiger partial charge in [-0.3, -0.25) is 4.79 Å². The van der Waals surface area contributed by atoms with Crippen LogP contribution in [0, 0.1) is 0 Å². The van der Waals surface area contributed by atoms with E-state index in [2.05, 4.69) is 57.0 Å². The number of carbonyl (C=O) groups is 4. The minimum absolute atomic E-state index is 0. The van der Waals surface area contributed by atoms with E-state index in [1.807, 2.05) is 0 Å². The molecule has 0 aromatic heterocycles. The van der Waals surface area contributed by atoms with Crippen LogP contribution in [0.2, 0.25) is 0 Å². The van der Waals surface area contributed by atoms with E-state index in [0.717, 1.165) is 32.9 Å². The van der Waals surface area contributed by atoms with Gasteiger partial charge in [-0.25, -0.2) is 14.6 Å². The Balaban J connectivity index is -0.000000106. The summed E-state index contributed by atoms with van der Waals surface area (Å²) in [4.78, 5) is 46.3. The van der Waals surface area contributed by atoms with Crippen molar-refractivity contribution in [3.63, 3.8) is 0 Å². The second kappa shape index (κ2) is 26.8. The van der Waals surface area contributed by atoms with Crippen LogP contribution >= 0.6 is 0 Å². The van der Waals surface area contributed by atoms with Crippen LogP contribution in [-0.2, 0) is 28.7 Å². The van der Waals surface area contributed by atoms with Gasteiger partial charge in [-0.15, -0.1) is 0 Å². The predicted octanol–water partition coefficient (Wildman–Crippen LogP) is -7.82. The fourth-order valence-corrected chi connectivity index (χ4v) is 1.95. The van der Waals surface area contributed by atoms with E-state index >= 15 is 0 Å². The Hall–Kier alpha value is -1.46. The molecule has 0 saturated carbocycles. The summed E-state index contributed by atoms with van der Waals surface area (Å²) in [6.45, 7) is 8.65. The smallest absolute Gasteiger partial charge is 1.00 e. The van der Waals surface area contributed by atoms with Gasteiger partial charge in [-0.05, 0) is 46.4 Å². The molecule has 2 saturated heterocycles. The number of hydrogen-bond acceptors (Lipinski definition) is 9. The Morgan fingerprint density at radius 3 is 1.97 bits per heavy atom. The predicted molar refractivity (Wildman–Crippen MR) is 114 cm³/mol. The molecule has 0 bridgehead atoms. The number of ether oxygens (including phenoxy) is 2. The molecule has 13 heteroatoms. The van der Waals surface area contributed by atoms with Crippen molar-refractivity contribution in [1.82, 2.24) is 10.2 Å². The number of carboxylic acids is 1. The molecule has 2 rings (SSSR count). The molecule has 1 amide bonds. The number of nitrogens with zero attached hydrogens (tertiary/aromatic N) is 2. The molecular weight excluding hydrogens is 467 g/mol. The van der Waals surface area contributed by atoms with Gasteiger partial charge in [0.2, 0.25) is 5.91 Å². The van der Waals surface area contributed by atoms with Crippen molar-refractivity contribution in [3.05, 3.63) is 6.58 Å². The maximum atomic E-state index is 10.7. The Kier molecular flexibility index (Phi) is 33.9. The largest absolute Gasteiger partial charge is 1.00 e. The number of carbonyl (C=O) groups excluding carboxylic acids is 4. The maximum absolute atomic E-state index is 10.7. The number of amides is 1. The summed E-state index contributed by atoms with van der Waals surface area (Å²) in [5.41, 5.74) is 3.54. The normalized spacial score (nSPS) is 17.0. The average Bonchev–Trinajstić information content (AvgIpc) is 3.20. The second-order valence-corrected chi connectivity index (χ2v) is 6.55. The zero-order valence-corrected chi connectivity index (χ0v) is 22.4. The number of esters is 2. The van der Waals surface area contributed by atoms with Crippen LogP contribution in [0.1, 0.15) is 40.5 Å². The van der Waals surface area contributed by atoms with Crippen molar-refractivity contribution in [3.8, 4) is 0 Å². The summed E-state index contributed by atoms with van der Waals surface area (Å²) in [5, 5.41) is 11.4. The first-order valence-electron chi connectivity index (χ1n) is 9.45. The average molecular weight is 505 g/mol. The number of quaternary nitrogens is 1. The molecule has 188 valence electrons. The summed E-state index contributed by atoms with van der Waals surface area (Å²) in [6, 6.07) is -0.502. The molecule has 4 N–H and O–H groups in total. The van der Waals surface area contributed by atoms with Crippen LogP contribution in [-0.4, -0.2) is 87.1 Å². The summed E-state index contributed by atoms with van der Waals surface area (Å²) in [5.74, 6) is 0.747. The van der Waals surface area contributed by atoms with Crippen LogP contribution < -0.4 is 58.1 Å². The van der Waals surface area contributed by atoms with Crippen LogP contribution in [0.3, 0.4) is 0 Å². The van der Waals surface area contributed by atoms with Crippen molar-refractivity contribution in [2.75, 3.05) is 40.4 Å². The minimum atomic E-state index is -1.08. The first-order valence-corrected chi connectivity index (χ1v) is 9.45. The molecule has 0 radical (unpaired) electrons. The quantitative estimate of drug-likeness (QED) is 0.161. The molecule has 2 aliphatic heterocycles. The Labute approximate surface area is 225 Å². The number of nitrogens with one attached hydrogen (secondary N) is 1. The third kappa shape index (κ3) is 30.5. The molecule has 0 unspecified atom stereocenters. The van der Waals surface area contributed by atoms with E-state index in [4.69, 9.17) is 9.90 Å². The van der Waals surface area contributed by atoms with E-state index in [1.54, 1.807) is 0 Å². The molecular formula is C20H38ClN4NaO7. The standard InChI is InChI=1S/C7H14N2.C6H9NO3.C4H7NO2.C2H4O2.CH4.ClH.Na/c1-4-8-6-5-7-9(2)3;1-4(8)7-5-2-3-10-6(5)9;5-3-1-2-7-4(3)6;1-2(3)4;;;/h1,5-7H2,2-3H3;5H,2-3H2,1H3,(H,7,8);3H,1-2,5H2;1H3,(H,3,4);1H4;1H;/q;;;;;;+1/p-1/t;5-;3-;;;;/m.00..../s1. The van der Waals surface area contributed by atoms with Crippen molar-refractivity contribution < 1.29 is 81.5 Å². The molecule has 0 aromatic carbocycles. The van der Waals surface area contributed by atoms with E-state index in [9.17, 15) is 14.4 Å². The van der Waals surface area contributed by atoms with E-state index in [-0.39, 0.29) is 73.3 Å². The van der Waals surface area contributed by atoms with Crippen LogP contribution in [0.5, 0.6) is 0 Å². The van der Waals surface area contributed by atoms with Crippen LogP contribution in [0.4, 0.5) is 0 Å². The summed E-state index contributed by atoms with van der Waals surface area (Å²) < 4.78 is 9.18. The van der Waals surface area contributed by atoms with Crippen molar-refractivity contribution >= 4 is 29.7 Å². The Bertz CT molecular complexity index is 599. The molecule has 0 spiro atoms. The topological polar surface area (TPSA) is 165 Å². The number of aliphatic carboxylic acids is 1. The first-order chi connectivity index (χ1) is 14.0. The summed E-state index contributed by atoms with van der Waals surface area (Å²) >= 11 is 0. The molecule has 2 fully saturated rings. The van der Waals surface area contributed by atoms with Gasteiger partial charge >= 0.3 is 41.5 Å². The molecule has 11 nitrogen and oxygen atoms in total. The third-order valence-electron chi connectivity index (χ3n) is 3.34. The maximum Gasteiger partial charge on any atom is 1.00 e. The fraction of sp³-hybridized carbons (Fsp3) is 0.700. The first kappa shape index (κ1) is 41.8. The van der Waals surface area contributed by atoms with E-state index in [1.165, 1.54) is 6.92 Å². The van der Waals surface area contributed by atoms with Crippen molar-refractivity contribution in [2.45, 2.75) is 52.6 Å². The summed E-state index contributed by atoms with van der Waals surface area (Å²) in [6.07, 6.45) is 2.48. The van der Waals surface area contributed by atoms with Gasteiger partial charge in [-0.2, -0.15) is 0 Å².